The molecule has 1 aliphatic carbocycles. The van der Waals surface area contributed by atoms with E-state index in [4.69, 9.17) is 16.4 Å². The fourth-order valence-electron chi connectivity index (χ4n) is 2.91. The lowest BCUT2D eigenvalue weighted by atomic mass is 10.1. The third kappa shape index (κ3) is 3.17. The van der Waals surface area contributed by atoms with Crippen LogP contribution < -0.4 is 0 Å². The van der Waals surface area contributed by atoms with E-state index in [2.05, 4.69) is 0 Å². The molecule has 1 aromatic rings. The monoisotopic (exact) mass is 365 g/mol. The minimum absolute atomic E-state index is 0.276. The summed E-state index contributed by atoms with van der Waals surface area (Å²) >= 11 is 0. The number of terminal acetylenes is 1. The van der Waals surface area contributed by atoms with Crippen molar-refractivity contribution in [1.82, 2.24) is 0 Å². The van der Waals surface area contributed by atoms with Gasteiger partial charge in [-0.2, -0.15) is 5.26 Å². The minimum Gasteiger partial charge on any atom is -0.460 e. The van der Waals surface area contributed by atoms with Crippen molar-refractivity contribution in [2.24, 2.45) is 17.3 Å². The molecule has 1 fully saturated rings. The van der Waals surface area contributed by atoms with Crippen LogP contribution in [0.5, 0.6) is 0 Å². The summed E-state index contributed by atoms with van der Waals surface area (Å²) in [6, 6.07) is 1.94. The number of allylic oxidation sites excluding steroid dienone is 2. The maximum absolute atomic E-state index is 13.9. The second kappa shape index (κ2) is 6.84. The van der Waals surface area contributed by atoms with Gasteiger partial charge < -0.3 is 4.74 Å². The van der Waals surface area contributed by atoms with Crippen molar-refractivity contribution in [2.45, 2.75) is 27.4 Å². The molecule has 0 saturated heterocycles. The zero-order chi connectivity index (χ0) is 19.8. The number of rotatable bonds is 4. The molecular formula is C19H15F4NO2. The average Bonchev–Trinajstić information content (AvgIpc) is 3.13. The van der Waals surface area contributed by atoms with Crippen LogP contribution in [-0.2, 0) is 16.1 Å². The topological polar surface area (TPSA) is 50.1 Å². The average molecular weight is 365 g/mol. The Morgan fingerprint density at radius 2 is 1.77 bits per heavy atom. The Balaban J connectivity index is 2.20. The van der Waals surface area contributed by atoms with Crippen LogP contribution in [0.4, 0.5) is 17.6 Å². The fourth-order valence-corrected chi connectivity index (χ4v) is 2.91. The first-order chi connectivity index (χ1) is 12.1. The number of carbonyl (C=O) groups is 1. The number of nitriles is 1. The van der Waals surface area contributed by atoms with Gasteiger partial charge in [-0.3, -0.25) is 4.79 Å². The molecule has 136 valence electrons. The minimum atomic E-state index is -1.71. The summed E-state index contributed by atoms with van der Waals surface area (Å²) in [7, 11) is 0. The molecule has 2 rings (SSSR count). The van der Waals surface area contributed by atoms with Crippen LogP contribution in [-0.4, -0.2) is 5.97 Å². The SMILES string of the molecule is C#Cc1c(F)c(F)c(COC(=O)[C@@H]2[C@@H](C=C(C)C#N)C2(C)C)c(F)c1F. The number of esters is 1. The van der Waals surface area contributed by atoms with Gasteiger partial charge in [0, 0.05) is 5.57 Å². The summed E-state index contributed by atoms with van der Waals surface area (Å²) in [4.78, 5) is 12.2. The van der Waals surface area contributed by atoms with E-state index in [9.17, 15) is 22.4 Å². The summed E-state index contributed by atoms with van der Waals surface area (Å²) in [5.41, 5.74) is -2.29. The van der Waals surface area contributed by atoms with Crippen LogP contribution in [0.2, 0.25) is 0 Å². The molecule has 3 nitrogen and oxygen atoms in total. The van der Waals surface area contributed by atoms with E-state index >= 15 is 0 Å². The standard InChI is InChI=1S/C19H15F4NO2/c1-5-10-14(20)16(22)11(17(23)15(10)21)8-26-18(25)13-12(19(13,3)4)6-9(2)7-24/h1,6,12-13H,8H2,2-4H3/t12-,13+/m1/s1. The van der Waals surface area contributed by atoms with Gasteiger partial charge in [0.1, 0.15) is 12.2 Å². The molecule has 0 bridgehead atoms. The highest BCUT2D eigenvalue weighted by atomic mass is 19.2. The third-order valence-electron chi connectivity index (χ3n) is 4.63. The molecule has 1 saturated carbocycles. The van der Waals surface area contributed by atoms with E-state index < -0.39 is 58.3 Å². The Morgan fingerprint density at radius 3 is 2.23 bits per heavy atom. The lowest BCUT2D eigenvalue weighted by Crippen LogP contribution is -2.14. The lowest BCUT2D eigenvalue weighted by Gasteiger charge is -2.10. The predicted octanol–water partition coefficient (Wildman–Crippen LogP) is 4.01. The van der Waals surface area contributed by atoms with Gasteiger partial charge in [0.25, 0.3) is 0 Å². The fraction of sp³-hybridized carbons (Fsp3) is 0.368. The highest BCUT2D eigenvalue weighted by Gasteiger charge is 2.61. The maximum atomic E-state index is 13.9. The molecule has 0 spiro atoms. The van der Waals surface area contributed by atoms with E-state index in [-0.39, 0.29) is 5.92 Å². The molecule has 7 heteroatoms. The molecule has 0 radical (unpaired) electrons. The van der Waals surface area contributed by atoms with Gasteiger partial charge in [-0.15, -0.1) is 6.42 Å². The van der Waals surface area contributed by atoms with Gasteiger partial charge in [0.2, 0.25) is 0 Å². The number of nitrogens with zero attached hydrogens (tertiary/aromatic N) is 1. The zero-order valence-corrected chi connectivity index (χ0v) is 14.3. The van der Waals surface area contributed by atoms with Gasteiger partial charge in [0.05, 0.1) is 17.6 Å². The second-order valence-corrected chi connectivity index (χ2v) is 6.65. The number of hydrogen-bond acceptors (Lipinski definition) is 3. The van der Waals surface area contributed by atoms with Crippen LogP contribution >= 0.6 is 0 Å². The van der Waals surface area contributed by atoms with Crippen LogP contribution in [0.3, 0.4) is 0 Å². The predicted molar refractivity (Wildman–Crippen MR) is 84.1 cm³/mol. The van der Waals surface area contributed by atoms with Crippen molar-refractivity contribution >= 4 is 5.97 Å². The van der Waals surface area contributed by atoms with E-state index in [1.54, 1.807) is 26.8 Å². The van der Waals surface area contributed by atoms with Crippen LogP contribution in [0, 0.1) is 64.2 Å². The zero-order valence-electron chi connectivity index (χ0n) is 14.3. The number of carbonyl (C=O) groups excluding carboxylic acids is 1. The first-order valence-electron chi connectivity index (χ1n) is 7.64. The van der Waals surface area contributed by atoms with Gasteiger partial charge in [-0.1, -0.05) is 25.8 Å². The summed E-state index contributed by atoms with van der Waals surface area (Å²) in [6.45, 7) is 4.15. The van der Waals surface area contributed by atoms with Crippen molar-refractivity contribution in [1.29, 1.82) is 5.26 Å². The van der Waals surface area contributed by atoms with Gasteiger partial charge >= 0.3 is 5.97 Å². The number of ether oxygens (including phenoxy) is 1. The highest BCUT2D eigenvalue weighted by Crippen LogP contribution is 2.59. The largest absolute Gasteiger partial charge is 0.460 e. The van der Waals surface area contributed by atoms with Crippen molar-refractivity contribution < 1.29 is 27.1 Å². The summed E-state index contributed by atoms with van der Waals surface area (Å²) in [5, 5.41) is 8.81. The Hall–Kier alpha value is -2.80. The molecule has 0 amide bonds. The van der Waals surface area contributed by atoms with Gasteiger partial charge in [-0.05, 0) is 18.3 Å². The first-order valence-corrected chi connectivity index (χ1v) is 7.64. The number of hydrogen-bond donors (Lipinski definition) is 0. The molecule has 0 heterocycles. The Kier molecular flexibility index (Phi) is 5.13. The van der Waals surface area contributed by atoms with E-state index in [1.165, 1.54) is 5.92 Å². The van der Waals surface area contributed by atoms with Gasteiger partial charge in [0.15, 0.2) is 23.3 Å². The molecule has 26 heavy (non-hydrogen) atoms. The molecule has 2 atom stereocenters. The molecular weight excluding hydrogens is 350 g/mol. The Bertz CT molecular complexity index is 861. The Morgan fingerprint density at radius 1 is 1.23 bits per heavy atom. The summed E-state index contributed by atoms with van der Waals surface area (Å²) in [5.74, 6) is -6.97. The molecule has 0 N–H and O–H groups in total. The van der Waals surface area contributed by atoms with Crippen molar-refractivity contribution in [3.63, 3.8) is 0 Å². The van der Waals surface area contributed by atoms with Gasteiger partial charge in [-0.25, -0.2) is 17.6 Å². The van der Waals surface area contributed by atoms with Crippen LogP contribution in [0.1, 0.15) is 31.9 Å². The quantitative estimate of drug-likeness (QED) is 0.266. The highest BCUT2D eigenvalue weighted by molar-refractivity contribution is 5.78. The summed E-state index contributed by atoms with van der Waals surface area (Å²) < 4.78 is 60.0. The van der Waals surface area contributed by atoms with E-state index in [0.717, 1.165) is 0 Å². The van der Waals surface area contributed by atoms with E-state index in [0.29, 0.717) is 5.57 Å². The number of benzene rings is 1. The molecule has 1 aromatic carbocycles. The maximum Gasteiger partial charge on any atom is 0.310 e. The smallest absolute Gasteiger partial charge is 0.310 e. The van der Waals surface area contributed by atoms with Crippen LogP contribution in [0.15, 0.2) is 11.6 Å². The first kappa shape index (κ1) is 19.5. The van der Waals surface area contributed by atoms with Crippen molar-refractivity contribution in [3.8, 4) is 18.4 Å². The van der Waals surface area contributed by atoms with Crippen molar-refractivity contribution in [2.75, 3.05) is 0 Å². The van der Waals surface area contributed by atoms with Crippen molar-refractivity contribution in [3.05, 3.63) is 46.0 Å². The lowest BCUT2D eigenvalue weighted by molar-refractivity contribution is -0.147. The molecule has 1 aliphatic rings. The summed E-state index contributed by atoms with van der Waals surface area (Å²) in [6.07, 6.45) is 6.45. The van der Waals surface area contributed by atoms with Crippen LogP contribution in [0.25, 0.3) is 0 Å². The normalized spacial score (nSPS) is 20.9. The third-order valence-corrected chi connectivity index (χ3v) is 4.63. The molecule has 0 unspecified atom stereocenters. The number of halogens is 4. The second-order valence-electron chi connectivity index (χ2n) is 6.65. The molecule has 0 aromatic heterocycles. The van der Waals surface area contributed by atoms with E-state index in [1.807, 2.05) is 6.07 Å². The molecule has 0 aliphatic heterocycles. The Labute approximate surface area is 148 Å².